The van der Waals surface area contributed by atoms with Crippen LogP contribution in [0, 0.1) is 6.92 Å². The highest BCUT2D eigenvalue weighted by atomic mass is 32.2. The molecule has 7 heteroatoms. The van der Waals surface area contributed by atoms with E-state index < -0.39 is 15.8 Å². The van der Waals surface area contributed by atoms with Gasteiger partial charge in [-0.25, -0.2) is 17.8 Å². The van der Waals surface area contributed by atoms with Crippen LogP contribution in [0.15, 0.2) is 129 Å². The second-order valence-electron chi connectivity index (χ2n) is 8.71. The molecule has 5 rings (SSSR count). The summed E-state index contributed by atoms with van der Waals surface area (Å²) in [7, 11) is -3.82. The summed E-state index contributed by atoms with van der Waals surface area (Å²) >= 11 is 0. The summed E-state index contributed by atoms with van der Waals surface area (Å²) in [5.41, 5.74) is 3.75. The number of aromatic nitrogens is 1. The molecule has 186 valence electrons. The van der Waals surface area contributed by atoms with Crippen molar-refractivity contribution in [3.8, 4) is 16.9 Å². The van der Waals surface area contributed by atoms with Crippen molar-refractivity contribution in [2.24, 2.45) is 0 Å². The fraction of sp³-hybridized carbons (Fsp3) is 0.100. The molecule has 0 bridgehead atoms. The molecule has 0 spiro atoms. The fourth-order valence-electron chi connectivity index (χ4n) is 4.35. The Morgan fingerprint density at radius 1 is 0.703 bits per heavy atom. The summed E-state index contributed by atoms with van der Waals surface area (Å²) in [4.78, 5) is 12.8. The monoisotopic (exact) mass is 510 g/mol. The average Bonchev–Trinajstić information content (AvgIpc) is 3.23. The highest BCUT2D eigenvalue weighted by Crippen LogP contribution is 2.28. The molecule has 1 heterocycles. The van der Waals surface area contributed by atoms with E-state index in [2.05, 4.69) is 0 Å². The van der Waals surface area contributed by atoms with E-state index >= 15 is 0 Å². The molecule has 1 aromatic heterocycles. The summed E-state index contributed by atoms with van der Waals surface area (Å²) < 4.78 is 36.0. The number of nitrogens with zero attached hydrogens (tertiary/aromatic N) is 2. The molecule has 4 aromatic carbocycles. The molecule has 5 aromatic rings. The van der Waals surface area contributed by atoms with Crippen molar-refractivity contribution < 1.29 is 12.8 Å². The van der Waals surface area contributed by atoms with Crippen molar-refractivity contribution in [3.05, 3.63) is 143 Å². The Labute approximate surface area is 216 Å². The van der Waals surface area contributed by atoms with Crippen LogP contribution in [0.1, 0.15) is 16.9 Å². The second-order valence-corrected chi connectivity index (χ2v) is 10.7. The van der Waals surface area contributed by atoms with Gasteiger partial charge in [0.05, 0.1) is 16.3 Å². The topological polar surface area (TPSA) is 72.5 Å². The number of benzene rings is 4. The van der Waals surface area contributed by atoms with Crippen molar-refractivity contribution >= 4 is 10.0 Å². The zero-order valence-electron chi connectivity index (χ0n) is 20.3. The third kappa shape index (κ3) is 5.18. The lowest BCUT2D eigenvalue weighted by Crippen LogP contribution is -2.30. The molecule has 37 heavy (non-hydrogen) atoms. The van der Waals surface area contributed by atoms with Gasteiger partial charge in [0.2, 0.25) is 10.0 Å². The molecular weight excluding hydrogens is 484 g/mol. The summed E-state index contributed by atoms with van der Waals surface area (Å²) in [6.07, 6.45) is 0. The minimum absolute atomic E-state index is 0.179. The molecule has 0 fully saturated rings. The molecule has 0 aliphatic rings. The van der Waals surface area contributed by atoms with E-state index in [-0.39, 0.29) is 18.0 Å². The SMILES string of the molecule is Cc1oc(=O)n(-c2ccccc2)c1-c1ccc(S(=O)(=O)N(Cc2ccccc2)Cc2ccccc2)cc1. The predicted molar refractivity (Wildman–Crippen MR) is 144 cm³/mol. The lowest BCUT2D eigenvalue weighted by molar-refractivity contribution is 0.401. The second kappa shape index (κ2) is 10.4. The molecule has 0 atom stereocenters. The molecule has 6 nitrogen and oxygen atoms in total. The highest BCUT2D eigenvalue weighted by Gasteiger charge is 2.26. The Morgan fingerprint density at radius 2 is 1.19 bits per heavy atom. The number of hydrogen-bond donors (Lipinski definition) is 0. The largest absolute Gasteiger partial charge is 0.424 e. The van der Waals surface area contributed by atoms with Gasteiger partial charge in [-0.1, -0.05) is 91.0 Å². The van der Waals surface area contributed by atoms with Gasteiger partial charge < -0.3 is 4.42 Å². The van der Waals surface area contributed by atoms with Crippen molar-refractivity contribution in [1.82, 2.24) is 8.87 Å². The van der Waals surface area contributed by atoms with Gasteiger partial charge in [0.15, 0.2) is 0 Å². The van der Waals surface area contributed by atoms with E-state index in [0.717, 1.165) is 11.1 Å². The zero-order chi connectivity index (χ0) is 25.8. The van der Waals surface area contributed by atoms with Gasteiger partial charge in [-0.2, -0.15) is 4.31 Å². The fourth-order valence-corrected chi connectivity index (χ4v) is 5.77. The Hall–Kier alpha value is -4.20. The first-order valence-corrected chi connectivity index (χ1v) is 13.3. The third-order valence-corrected chi connectivity index (χ3v) is 7.97. The highest BCUT2D eigenvalue weighted by molar-refractivity contribution is 7.89. The average molecular weight is 511 g/mol. The third-order valence-electron chi connectivity index (χ3n) is 6.16. The van der Waals surface area contributed by atoms with Gasteiger partial charge in [-0.15, -0.1) is 0 Å². The lowest BCUT2D eigenvalue weighted by Gasteiger charge is -2.23. The van der Waals surface area contributed by atoms with Crippen molar-refractivity contribution in [3.63, 3.8) is 0 Å². The van der Waals surface area contributed by atoms with Crippen LogP contribution in [0.2, 0.25) is 0 Å². The summed E-state index contributed by atoms with van der Waals surface area (Å²) in [5, 5.41) is 0. The van der Waals surface area contributed by atoms with Gasteiger partial charge in [0.1, 0.15) is 5.76 Å². The maximum atomic E-state index is 13.8. The minimum atomic E-state index is -3.82. The van der Waals surface area contributed by atoms with Crippen LogP contribution < -0.4 is 5.76 Å². The number of aryl methyl sites for hydroxylation is 1. The van der Waals surface area contributed by atoms with Crippen LogP contribution in [0.3, 0.4) is 0 Å². The van der Waals surface area contributed by atoms with E-state index in [4.69, 9.17) is 4.42 Å². The summed E-state index contributed by atoms with van der Waals surface area (Å²) in [6, 6.07) is 34.9. The number of rotatable bonds is 8. The minimum Gasteiger partial charge on any atom is -0.412 e. The molecule has 0 saturated carbocycles. The van der Waals surface area contributed by atoms with E-state index in [1.54, 1.807) is 31.2 Å². The van der Waals surface area contributed by atoms with Crippen LogP contribution in [-0.2, 0) is 23.1 Å². The predicted octanol–water partition coefficient (Wildman–Crippen LogP) is 5.80. The molecule has 0 radical (unpaired) electrons. The lowest BCUT2D eigenvalue weighted by atomic mass is 10.1. The Kier molecular flexibility index (Phi) is 6.90. The smallest absolute Gasteiger partial charge is 0.412 e. The van der Waals surface area contributed by atoms with E-state index in [1.165, 1.54) is 8.87 Å². The first-order valence-electron chi connectivity index (χ1n) is 11.9. The van der Waals surface area contributed by atoms with Gasteiger partial charge in [0.25, 0.3) is 0 Å². The molecule has 0 aliphatic carbocycles. The quantitative estimate of drug-likeness (QED) is 0.265. The Morgan fingerprint density at radius 3 is 1.70 bits per heavy atom. The van der Waals surface area contributed by atoms with Gasteiger partial charge in [-0.3, -0.25) is 0 Å². The maximum Gasteiger partial charge on any atom is 0.424 e. The normalized spacial score (nSPS) is 11.6. The molecule has 0 unspecified atom stereocenters. The van der Waals surface area contributed by atoms with Crippen molar-refractivity contribution in [2.45, 2.75) is 24.9 Å². The Bertz CT molecular complexity index is 1600. The van der Waals surface area contributed by atoms with Gasteiger partial charge in [-0.05, 0) is 42.3 Å². The van der Waals surface area contributed by atoms with Crippen LogP contribution in [0.4, 0.5) is 0 Å². The summed E-state index contributed by atoms with van der Waals surface area (Å²) in [5.74, 6) is -0.0356. The van der Waals surface area contributed by atoms with Crippen LogP contribution in [-0.4, -0.2) is 17.3 Å². The molecule has 0 amide bonds. The van der Waals surface area contributed by atoms with Crippen LogP contribution in [0.25, 0.3) is 16.9 Å². The summed E-state index contributed by atoms with van der Waals surface area (Å²) in [6.45, 7) is 2.21. The van der Waals surface area contributed by atoms with E-state index in [1.807, 2.05) is 91.0 Å². The number of para-hydroxylation sites is 1. The van der Waals surface area contributed by atoms with Crippen LogP contribution in [0.5, 0.6) is 0 Å². The van der Waals surface area contributed by atoms with Crippen molar-refractivity contribution in [2.75, 3.05) is 0 Å². The number of hydrogen-bond acceptors (Lipinski definition) is 4. The van der Waals surface area contributed by atoms with E-state index in [9.17, 15) is 13.2 Å². The molecule has 0 N–H and O–H groups in total. The standard InChI is InChI=1S/C30H26N2O4S/c1-23-29(32(30(33)36-23)27-15-9-4-10-16-27)26-17-19-28(20-18-26)37(34,35)31(21-24-11-5-2-6-12-24)22-25-13-7-3-8-14-25/h2-20H,21-22H2,1H3. The maximum absolute atomic E-state index is 13.8. The molecule has 0 aliphatic heterocycles. The molecular formula is C30H26N2O4S. The Balaban J connectivity index is 1.51. The van der Waals surface area contributed by atoms with Crippen molar-refractivity contribution in [1.29, 1.82) is 0 Å². The first kappa shape index (κ1) is 24.5. The van der Waals surface area contributed by atoms with Crippen LogP contribution >= 0.6 is 0 Å². The van der Waals surface area contributed by atoms with Gasteiger partial charge in [0, 0.05) is 18.7 Å². The first-order chi connectivity index (χ1) is 17.9. The van der Waals surface area contributed by atoms with Gasteiger partial charge >= 0.3 is 5.76 Å². The number of oxazole rings is 1. The van der Waals surface area contributed by atoms with E-state index in [0.29, 0.717) is 22.7 Å². The molecule has 0 saturated heterocycles. The zero-order valence-corrected chi connectivity index (χ0v) is 21.1. The number of sulfonamides is 1.